The van der Waals surface area contributed by atoms with Gasteiger partial charge in [-0.3, -0.25) is 0 Å². The van der Waals surface area contributed by atoms with Gasteiger partial charge in [-0.25, -0.2) is 8.42 Å². The quantitative estimate of drug-likeness (QED) is 0.522. The Labute approximate surface area is 124 Å². The van der Waals surface area contributed by atoms with Crippen LogP contribution in [0.5, 0.6) is 0 Å². The van der Waals surface area contributed by atoms with E-state index >= 15 is 0 Å². The van der Waals surface area contributed by atoms with Crippen LogP contribution in [0.25, 0.3) is 0 Å². The molecule has 0 fully saturated rings. The Morgan fingerprint density at radius 2 is 2.00 bits per heavy atom. The third-order valence-corrected chi connectivity index (χ3v) is 5.44. The van der Waals surface area contributed by atoms with E-state index in [0.717, 1.165) is 11.3 Å². The second-order valence-corrected chi connectivity index (χ2v) is 6.80. The van der Waals surface area contributed by atoms with Crippen LogP contribution in [-0.4, -0.2) is 18.1 Å². The number of aliphatic hydroxyl groups is 1. The van der Waals surface area contributed by atoms with E-state index in [1.807, 2.05) is 0 Å². The fourth-order valence-corrected chi connectivity index (χ4v) is 3.43. The third-order valence-electron chi connectivity index (χ3n) is 1.18. The molecule has 1 N–H and O–H groups in total. The molecule has 0 aliphatic heterocycles. The standard InChI is InChI=1S/C5H4Br2O4S2.Na/c6-2-1-3(12-4(2)7)5(8)13(9,10)11;/h1,5,8H,(H,9,10,11);/q;+1/p-1. The molecule has 0 radical (unpaired) electrons. The van der Waals surface area contributed by atoms with Crippen molar-refractivity contribution >= 4 is 53.3 Å². The predicted octanol–water partition coefficient (Wildman–Crippen LogP) is -1.19. The average molecular weight is 374 g/mol. The first-order chi connectivity index (χ1) is 5.82. The van der Waals surface area contributed by atoms with Gasteiger partial charge in [0, 0.05) is 9.35 Å². The molecule has 1 aromatic heterocycles. The van der Waals surface area contributed by atoms with E-state index in [1.165, 1.54) is 6.07 Å². The molecule has 74 valence electrons. The van der Waals surface area contributed by atoms with Gasteiger partial charge in [0.25, 0.3) is 0 Å². The normalized spacial score (nSPS) is 13.4. The SMILES string of the molecule is O=S(=O)([O-])C(O)c1cc(Br)c(Br)s1.[Na+]. The monoisotopic (exact) mass is 372 g/mol. The van der Waals surface area contributed by atoms with E-state index in [9.17, 15) is 13.0 Å². The maximum atomic E-state index is 10.4. The molecule has 0 aromatic carbocycles. The van der Waals surface area contributed by atoms with Crippen LogP contribution < -0.4 is 29.6 Å². The Morgan fingerprint density at radius 1 is 1.50 bits per heavy atom. The van der Waals surface area contributed by atoms with Gasteiger partial charge in [-0.15, -0.1) is 11.3 Å². The Hall–Kier alpha value is 1.53. The first-order valence-electron chi connectivity index (χ1n) is 2.90. The van der Waals surface area contributed by atoms with Gasteiger partial charge in [0.05, 0.1) is 3.79 Å². The van der Waals surface area contributed by atoms with Gasteiger partial charge >= 0.3 is 29.6 Å². The molecule has 14 heavy (non-hydrogen) atoms. The Bertz CT molecular complexity index is 396. The van der Waals surface area contributed by atoms with Crippen LogP contribution in [0, 0.1) is 0 Å². The van der Waals surface area contributed by atoms with Crippen LogP contribution in [0.2, 0.25) is 0 Å². The van der Waals surface area contributed by atoms with Crippen molar-refractivity contribution in [1.82, 2.24) is 0 Å². The minimum atomic E-state index is -4.68. The second-order valence-electron chi connectivity index (χ2n) is 2.12. The van der Waals surface area contributed by atoms with Crippen molar-refractivity contribution < 1.29 is 47.6 Å². The Morgan fingerprint density at radius 3 is 2.29 bits per heavy atom. The van der Waals surface area contributed by atoms with Crippen molar-refractivity contribution in [3.63, 3.8) is 0 Å². The van der Waals surface area contributed by atoms with Crippen molar-refractivity contribution in [3.05, 3.63) is 19.2 Å². The number of hydrogen-bond acceptors (Lipinski definition) is 5. The van der Waals surface area contributed by atoms with Gasteiger partial charge in [0.1, 0.15) is 10.1 Å². The van der Waals surface area contributed by atoms with E-state index in [2.05, 4.69) is 31.9 Å². The largest absolute Gasteiger partial charge is 1.00 e. The third kappa shape index (κ3) is 3.84. The number of halogens is 2. The van der Waals surface area contributed by atoms with Crippen molar-refractivity contribution in [2.24, 2.45) is 0 Å². The number of rotatable bonds is 2. The molecule has 0 spiro atoms. The number of thiophene rings is 1. The van der Waals surface area contributed by atoms with Gasteiger partial charge in [0.15, 0.2) is 5.44 Å². The van der Waals surface area contributed by atoms with Crippen molar-refractivity contribution in [2.45, 2.75) is 5.44 Å². The summed E-state index contributed by atoms with van der Waals surface area (Å²) in [6.45, 7) is 0. The fourth-order valence-electron chi connectivity index (χ4n) is 0.627. The maximum absolute atomic E-state index is 10.4. The first-order valence-corrected chi connectivity index (χ1v) is 6.77. The van der Waals surface area contributed by atoms with Gasteiger partial charge in [-0.1, -0.05) is 0 Å². The molecule has 0 saturated carbocycles. The predicted molar refractivity (Wildman–Crippen MR) is 54.4 cm³/mol. The molecule has 0 amide bonds. The summed E-state index contributed by atoms with van der Waals surface area (Å²) in [5.74, 6) is 0. The summed E-state index contributed by atoms with van der Waals surface area (Å²) in [6.07, 6.45) is 0. The van der Waals surface area contributed by atoms with Gasteiger partial charge < -0.3 is 9.66 Å². The molecule has 9 heteroatoms. The Balaban J connectivity index is 0.00000169. The molecular weight excluding hydrogens is 371 g/mol. The fraction of sp³-hybridized carbons (Fsp3) is 0.200. The summed E-state index contributed by atoms with van der Waals surface area (Å²) in [5, 5.41) is 9.06. The van der Waals surface area contributed by atoms with Crippen LogP contribution in [0.1, 0.15) is 10.3 Å². The van der Waals surface area contributed by atoms with Crippen LogP contribution in [0.3, 0.4) is 0 Å². The summed E-state index contributed by atoms with van der Waals surface area (Å²) >= 11 is 7.21. The van der Waals surface area contributed by atoms with Crippen molar-refractivity contribution in [1.29, 1.82) is 0 Å². The maximum Gasteiger partial charge on any atom is 1.00 e. The van der Waals surface area contributed by atoms with E-state index < -0.39 is 15.6 Å². The van der Waals surface area contributed by atoms with Crippen LogP contribution in [-0.2, 0) is 10.1 Å². The topological polar surface area (TPSA) is 77.4 Å². The zero-order valence-electron chi connectivity index (χ0n) is 6.90. The smallest absolute Gasteiger partial charge is 0.746 e. The summed E-state index contributed by atoms with van der Waals surface area (Å²) in [7, 11) is -4.68. The first kappa shape index (κ1) is 15.5. The van der Waals surface area contributed by atoms with E-state index in [0.29, 0.717) is 8.26 Å². The van der Waals surface area contributed by atoms with E-state index in [-0.39, 0.29) is 34.4 Å². The summed E-state index contributed by atoms with van der Waals surface area (Å²) < 4.78 is 32.5. The molecule has 0 aliphatic rings. The molecule has 1 rings (SSSR count). The zero-order valence-corrected chi connectivity index (χ0v) is 13.7. The minimum absolute atomic E-state index is 0. The molecule has 4 nitrogen and oxygen atoms in total. The van der Waals surface area contributed by atoms with Crippen molar-refractivity contribution in [2.75, 3.05) is 0 Å². The molecule has 1 heterocycles. The van der Waals surface area contributed by atoms with Crippen LogP contribution in [0.15, 0.2) is 14.3 Å². The van der Waals surface area contributed by atoms with Crippen LogP contribution >= 0.6 is 43.2 Å². The van der Waals surface area contributed by atoms with Gasteiger partial charge in [0.2, 0.25) is 0 Å². The molecule has 0 aliphatic carbocycles. The molecule has 1 atom stereocenters. The molecule has 0 saturated heterocycles. The van der Waals surface area contributed by atoms with Gasteiger partial charge in [-0.2, -0.15) is 0 Å². The second kappa shape index (κ2) is 5.74. The summed E-state index contributed by atoms with van der Waals surface area (Å²) in [6, 6.07) is 1.38. The average Bonchev–Trinajstić information content (AvgIpc) is 2.29. The number of aliphatic hydroxyl groups excluding tert-OH is 1. The molecule has 1 aromatic rings. The van der Waals surface area contributed by atoms with Crippen LogP contribution in [0.4, 0.5) is 0 Å². The van der Waals surface area contributed by atoms with Crippen molar-refractivity contribution in [3.8, 4) is 0 Å². The summed E-state index contributed by atoms with van der Waals surface area (Å²) in [4.78, 5) is 0.0914. The summed E-state index contributed by atoms with van der Waals surface area (Å²) in [5.41, 5.74) is -1.99. The molecular formula is C5H3Br2NaO4S2. The minimum Gasteiger partial charge on any atom is -0.746 e. The van der Waals surface area contributed by atoms with Gasteiger partial charge in [-0.05, 0) is 37.9 Å². The van der Waals surface area contributed by atoms with E-state index in [4.69, 9.17) is 5.11 Å². The Kier molecular flexibility index (Phi) is 6.37. The zero-order chi connectivity index (χ0) is 10.2. The molecule has 1 unspecified atom stereocenters. The molecule has 0 bridgehead atoms. The van der Waals surface area contributed by atoms with E-state index in [1.54, 1.807) is 0 Å². The number of hydrogen-bond donors (Lipinski definition) is 1.